The summed E-state index contributed by atoms with van der Waals surface area (Å²) in [6.07, 6.45) is -7.44. The highest BCUT2D eigenvalue weighted by Gasteiger charge is 2.71. The molecular weight excluding hydrogens is 643 g/mol. The summed E-state index contributed by atoms with van der Waals surface area (Å²) in [4.78, 5) is 29.6. The number of nitrogens with zero attached hydrogens (tertiary/aromatic N) is 6. The molecule has 11 nitrogen and oxygen atoms in total. The van der Waals surface area contributed by atoms with E-state index in [-0.39, 0.29) is 35.4 Å². The van der Waals surface area contributed by atoms with Crippen LogP contribution in [0, 0.1) is 11.8 Å². The van der Waals surface area contributed by atoms with E-state index in [2.05, 4.69) is 25.7 Å². The highest BCUT2D eigenvalue weighted by molar-refractivity contribution is 5.92. The number of carbonyl (C=O) groups excluding carboxylic acids is 2. The Morgan fingerprint density at radius 3 is 2.39 bits per heavy atom. The minimum atomic E-state index is -4.58. The van der Waals surface area contributed by atoms with Crippen LogP contribution in [0.2, 0.25) is 0 Å². The number of imidazole rings is 1. The molecule has 0 aromatic carbocycles. The van der Waals surface area contributed by atoms with Crippen LogP contribution in [-0.4, -0.2) is 70.5 Å². The molecule has 3 atom stereocenters. The van der Waals surface area contributed by atoms with Crippen LogP contribution in [-0.2, 0) is 11.3 Å². The van der Waals surface area contributed by atoms with Gasteiger partial charge in [0.05, 0.1) is 49.2 Å². The number of hydrogen-bond acceptors (Lipinski definition) is 7. The van der Waals surface area contributed by atoms with Gasteiger partial charge < -0.3 is 15.7 Å². The van der Waals surface area contributed by atoms with Crippen LogP contribution in [0.15, 0.2) is 24.7 Å². The zero-order valence-electron chi connectivity index (χ0n) is 23.6. The standard InChI is InChI=1S/C26H27F9N8O3/c27-23(28)4-1-13(2-5-23)20(40-22(46)17-10-36-41-42(17)11-15-8-24(29,30)26(15,34)35)16-12-43-18(38-16)7-14(9-37-43)21(45)39-19(44)3-6-25(31,32)33/h7,9-10,12-13,15,20-21,45H,1-6,8,11H2,(H,39,44)(H,40,46)/t15?,20-,21+/m0/s1. The number of aliphatic hydroxyl groups excluding tert-OH is 1. The molecule has 2 aliphatic carbocycles. The number of carbonyl (C=O) groups is 2. The molecule has 5 rings (SSSR count). The summed E-state index contributed by atoms with van der Waals surface area (Å²) in [7, 11) is 0. The fourth-order valence-electron chi connectivity index (χ4n) is 5.51. The van der Waals surface area contributed by atoms with Gasteiger partial charge in [-0.05, 0) is 24.8 Å². The van der Waals surface area contributed by atoms with Gasteiger partial charge in [0, 0.05) is 31.2 Å². The third kappa shape index (κ3) is 7.05. The van der Waals surface area contributed by atoms with Crippen LogP contribution in [0.4, 0.5) is 39.5 Å². The fraction of sp³-hybridized carbons (Fsp3) is 0.615. The lowest BCUT2D eigenvalue weighted by atomic mass is 9.76. The molecule has 1 unspecified atom stereocenters. The second-order valence-corrected chi connectivity index (χ2v) is 11.5. The second-order valence-electron chi connectivity index (χ2n) is 11.5. The number of amides is 2. The van der Waals surface area contributed by atoms with E-state index in [1.807, 2.05) is 5.32 Å². The molecule has 0 radical (unpaired) electrons. The van der Waals surface area contributed by atoms with Crippen molar-refractivity contribution in [1.82, 2.24) is 40.2 Å². The van der Waals surface area contributed by atoms with Gasteiger partial charge in [0.1, 0.15) is 5.69 Å². The number of nitrogens with one attached hydrogen (secondary N) is 2. The number of aliphatic hydroxyl groups is 1. The monoisotopic (exact) mass is 670 g/mol. The van der Waals surface area contributed by atoms with Gasteiger partial charge in [0.15, 0.2) is 11.9 Å². The van der Waals surface area contributed by atoms with E-state index in [0.29, 0.717) is 0 Å². The van der Waals surface area contributed by atoms with Crippen molar-refractivity contribution in [1.29, 1.82) is 0 Å². The average Bonchev–Trinajstić information content (AvgIpc) is 3.61. The van der Waals surface area contributed by atoms with Crippen molar-refractivity contribution >= 4 is 17.5 Å². The summed E-state index contributed by atoms with van der Waals surface area (Å²) < 4.78 is 122. The molecule has 0 aliphatic heterocycles. The Balaban J connectivity index is 1.35. The number of rotatable bonds is 10. The molecule has 2 saturated carbocycles. The highest BCUT2D eigenvalue weighted by atomic mass is 19.4. The van der Waals surface area contributed by atoms with Crippen LogP contribution in [0.3, 0.4) is 0 Å². The molecule has 2 fully saturated rings. The Kier molecular flexibility index (Phi) is 8.71. The SMILES string of the molecule is O=C(CCC(F)(F)F)N[C@H](O)c1cnn2cc([C@@H](NC(=O)c3cnnn3CC3CC(F)(F)C3(F)F)C3CCC(F)(F)CC3)nc2c1. The predicted octanol–water partition coefficient (Wildman–Crippen LogP) is 4.36. The maximum absolute atomic E-state index is 14.0. The van der Waals surface area contributed by atoms with Gasteiger partial charge in [-0.3, -0.25) is 9.59 Å². The summed E-state index contributed by atoms with van der Waals surface area (Å²) in [5.74, 6) is -15.8. The number of hydrogen-bond donors (Lipinski definition) is 3. The van der Waals surface area contributed by atoms with E-state index >= 15 is 0 Å². The van der Waals surface area contributed by atoms with E-state index < -0.39 is 98.5 Å². The second kappa shape index (κ2) is 12.0. The van der Waals surface area contributed by atoms with Crippen molar-refractivity contribution in [3.63, 3.8) is 0 Å². The van der Waals surface area contributed by atoms with Gasteiger partial charge >= 0.3 is 18.0 Å². The largest absolute Gasteiger partial charge is 0.389 e. The van der Waals surface area contributed by atoms with E-state index in [4.69, 9.17) is 0 Å². The molecule has 3 aromatic rings. The molecule has 0 bridgehead atoms. The molecule has 2 amide bonds. The summed E-state index contributed by atoms with van der Waals surface area (Å²) in [6, 6.07) is 0.214. The molecule has 252 valence electrons. The first-order valence-electron chi connectivity index (χ1n) is 14.1. The topological polar surface area (TPSA) is 139 Å². The lowest BCUT2D eigenvalue weighted by molar-refractivity contribution is -0.316. The van der Waals surface area contributed by atoms with Crippen LogP contribution in [0.25, 0.3) is 5.65 Å². The van der Waals surface area contributed by atoms with Crippen molar-refractivity contribution < 1.29 is 54.2 Å². The summed E-state index contributed by atoms with van der Waals surface area (Å²) in [5, 5.41) is 26.2. The van der Waals surface area contributed by atoms with Gasteiger partial charge in [-0.1, -0.05) is 5.21 Å². The quantitative estimate of drug-likeness (QED) is 0.215. The molecule has 3 aromatic heterocycles. The molecule has 0 saturated heterocycles. The molecule has 20 heteroatoms. The zero-order chi connectivity index (χ0) is 33.7. The Labute approximate surface area is 253 Å². The van der Waals surface area contributed by atoms with E-state index in [0.717, 1.165) is 17.1 Å². The molecule has 0 spiro atoms. The van der Waals surface area contributed by atoms with E-state index in [9.17, 15) is 54.2 Å². The van der Waals surface area contributed by atoms with Gasteiger partial charge in [-0.25, -0.2) is 23.0 Å². The van der Waals surface area contributed by atoms with E-state index in [1.165, 1.54) is 16.8 Å². The normalized spacial score (nSPS) is 22.2. The number of alkyl halides is 9. The lowest BCUT2D eigenvalue weighted by Crippen LogP contribution is -2.60. The Bertz CT molecular complexity index is 1580. The highest BCUT2D eigenvalue weighted by Crippen LogP contribution is 2.55. The maximum Gasteiger partial charge on any atom is 0.389 e. The first kappa shape index (κ1) is 33.4. The van der Waals surface area contributed by atoms with Crippen LogP contribution in [0.5, 0.6) is 0 Å². The van der Waals surface area contributed by atoms with Crippen molar-refractivity contribution in [3.8, 4) is 0 Å². The smallest absolute Gasteiger partial charge is 0.369 e. The van der Waals surface area contributed by atoms with Crippen LogP contribution in [0.1, 0.15) is 79.0 Å². The molecule has 46 heavy (non-hydrogen) atoms. The summed E-state index contributed by atoms with van der Waals surface area (Å²) in [6.45, 7) is -0.734. The number of aromatic nitrogens is 6. The number of halogens is 9. The van der Waals surface area contributed by atoms with Gasteiger partial charge in [0.2, 0.25) is 11.8 Å². The third-order valence-electron chi connectivity index (χ3n) is 8.19. The van der Waals surface area contributed by atoms with Crippen molar-refractivity contribution in [2.45, 2.75) is 87.7 Å². The van der Waals surface area contributed by atoms with Crippen molar-refractivity contribution in [3.05, 3.63) is 41.6 Å². The molecule has 3 heterocycles. The minimum absolute atomic E-state index is 0.0451. The molecule has 3 N–H and O–H groups in total. The number of fused-ring (bicyclic) bond motifs is 1. The first-order chi connectivity index (χ1) is 21.3. The molecule has 2 aliphatic rings. The Morgan fingerprint density at radius 2 is 1.76 bits per heavy atom. The fourth-order valence-corrected chi connectivity index (χ4v) is 5.51. The average molecular weight is 671 g/mol. The van der Waals surface area contributed by atoms with Crippen molar-refractivity contribution in [2.75, 3.05) is 0 Å². The zero-order valence-corrected chi connectivity index (χ0v) is 23.6. The van der Waals surface area contributed by atoms with Crippen LogP contribution >= 0.6 is 0 Å². The van der Waals surface area contributed by atoms with Gasteiger partial charge in [-0.15, -0.1) is 5.10 Å². The first-order valence-corrected chi connectivity index (χ1v) is 14.1. The Morgan fingerprint density at radius 1 is 1.07 bits per heavy atom. The summed E-state index contributed by atoms with van der Waals surface area (Å²) >= 11 is 0. The Hall–Kier alpha value is -3.97. The van der Waals surface area contributed by atoms with Crippen molar-refractivity contribution in [2.24, 2.45) is 11.8 Å². The van der Waals surface area contributed by atoms with Gasteiger partial charge in [-0.2, -0.15) is 35.8 Å². The lowest BCUT2D eigenvalue weighted by Gasteiger charge is -2.43. The van der Waals surface area contributed by atoms with Crippen LogP contribution < -0.4 is 10.6 Å². The van der Waals surface area contributed by atoms with Gasteiger partial charge in [0.25, 0.3) is 5.91 Å². The minimum Gasteiger partial charge on any atom is -0.369 e. The predicted molar refractivity (Wildman–Crippen MR) is 137 cm³/mol. The molecular formula is C26H27F9N8O3. The summed E-state index contributed by atoms with van der Waals surface area (Å²) in [5.41, 5.74) is -0.209. The third-order valence-corrected chi connectivity index (χ3v) is 8.19. The maximum atomic E-state index is 14.0. The van der Waals surface area contributed by atoms with E-state index in [1.54, 1.807) is 0 Å².